The van der Waals surface area contributed by atoms with Gasteiger partial charge in [0.2, 0.25) is 0 Å². The smallest absolute Gasteiger partial charge is 0.293 e. The van der Waals surface area contributed by atoms with E-state index in [1.807, 2.05) is 6.92 Å². The van der Waals surface area contributed by atoms with Crippen LogP contribution in [0.3, 0.4) is 0 Å². The molecule has 0 N–H and O–H groups in total. The van der Waals surface area contributed by atoms with Crippen LogP contribution in [0.4, 0.5) is 4.79 Å². The van der Waals surface area contributed by atoms with Crippen LogP contribution in [0.15, 0.2) is 35.8 Å². The second-order valence-corrected chi connectivity index (χ2v) is 5.63. The molecule has 1 aromatic carbocycles. The Morgan fingerprint density at radius 3 is 2.86 bits per heavy atom. The number of carbonyl (C=O) groups excluding carboxylic acids is 2. The summed E-state index contributed by atoms with van der Waals surface area (Å²) in [5, 5.41) is 0.237. The lowest BCUT2D eigenvalue weighted by Crippen LogP contribution is -2.27. The molecule has 0 aliphatic carbocycles. The fourth-order valence-corrected chi connectivity index (χ4v) is 2.87. The summed E-state index contributed by atoms with van der Waals surface area (Å²) in [4.78, 5) is 25.4. The van der Waals surface area contributed by atoms with E-state index in [0.717, 1.165) is 16.7 Å². The zero-order valence-electron chi connectivity index (χ0n) is 11.5. The van der Waals surface area contributed by atoms with Crippen LogP contribution >= 0.6 is 23.4 Å². The monoisotopic (exact) mass is 323 g/mol. The molecule has 0 radical (unpaired) electrons. The van der Waals surface area contributed by atoms with E-state index in [1.54, 1.807) is 24.3 Å². The Bertz CT molecular complexity index is 627. The van der Waals surface area contributed by atoms with Crippen LogP contribution in [0.25, 0.3) is 6.08 Å². The largest absolute Gasteiger partial charge is 0.493 e. The van der Waals surface area contributed by atoms with Gasteiger partial charge in [0.05, 0.1) is 11.5 Å². The molecule has 1 saturated heterocycles. The lowest BCUT2D eigenvalue weighted by atomic mass is 10.2. The van der Waals surface area contributed by atoms with Crippen molar-refractivity contribution in [2.45, 2.75) is 6.92 Å². The van der Waals surface area contributed by atoms with Crippen LogP contribution < -0.4 is 4.74 Å². The molecular formula is C15H14ClNO3S. The molecule has 110 valence electrons. The number of halogens is 1. The quantitative estimate of drug-likeness (QED) is 0.608. The molecular weight excluding hydrogens is 310 g/mol. The Kier molecular flexibility index (Phi) is 5.09. The van der Waals surface area contributed by atoms with Gasteiger partial charge in [-0.3, -0.25) is 14.5 Å². The molecule has 2 amide bonds. The van der Waals surface area contributed by atoms with E-state index < -0.39 is 0 Å². The van der Waals surface area contributed by atoms with Crippen molar-refractivity contribution in [3.63, 3.8) is 0 Å². The maximum atomic E-state index is 12.2. The average molecular weight is 324 g/mol. The van der Waals surface area contributed by atoms with Gasteiger partial charge in [0.15, 0.2) is 0 Å². The molecule has 21 heavy (non-hydrogen) atoms. The van der Waals surface area contributed by atoms with Crippen molar-refractivity contribution in [3.05, 3.63) is 46.3 Å². The number of nitrogens with zero attached hydrogens (tertiary/aromatic N) is 1. The summed E-state index contributed by atoms with van der Waals surface area (Å²) in [6, 6.07) is 5.16. The number of ether oxygens (including phenoxy) is 1. The lowest BCUT2D eigenvalue weighted by Gasteiger charge is -2.09. The van der Waals surface area contributed by atoms with E-state index in [1.165, 1.54) is 6.08 Å². The van der Waals surface area contributed by atoms with Gasteiger partial charge in [-0.15, -0.1) is 6.58 Å². The van der Waals surface area contributed by atoms with Crippen molar-refractivity contribution in [2.24, 2.45) is 0 Å². The molecule has 1 aliphatic heterocycles. The predicted octanol–water partition coefficient (Wildman–Crippen LogP) is 3.96. The van der Waals surface area contributed by atoms with E-state index in [-0.39, 0.29) is 17.7 Å². The van der Waals surface area contributed by atoms with E-state index in [2.05, 4.69) is 6.58 Å². The van der Waals surface area contributed by atoms with Crippen molar-refractivity contribution in [2.75, 3.05) is 13.2 Å². The van der Waals surface area contributed by atoms with Crippen molar-refractivity contribution >= 4 is 40.6 Å². The molecule has 0 atom stereocenters. The maximum absolute atomic E-state index is 12.2. The number of carbonyl (C=O) groups is 2. The Morgan fingerprint density at radius 1 is 1.43 bits per heavy atom. The molecule has 1 fully saturated rings. The van der Waals surface area contributed by atoms with Gasteiger partial charge in [-0.1, -0.05) is 17.7 Å². The van der Waals surface area contributed by atoms with Crippen LogP contribution in [0, 0.1) is 0 Å². The summed E-state index contributed by atoms with van der Waals surface area (Å²) >= 11 is 6.88. The number of amides is 2. The minimum atomic E-state index is -0.327. The van der Waals surface area contributed by atoms with E-state index in [9.17, 15) is 9.59 Å². The summed E-state index contributed by atoms with van der Waals surface area (Å²) in [6.45, 7) is 6.12. The molecule has 6 heteroatoms. The van der Waals surface area contributed by atoms with Crippen molar-refractivity contribution in [3.8, 4) is 5.75 Å². The molecule has 1 heterocycles. The standard InChI is InChI=1S/C15H14ClNO3S/c1-3-7-17-14(18)13(21-15(17)19)9-10-8-11(16)5-6-12(10)20-4-2/h3,5-6,8-9H,1,4,7H2,2H3/b13-9+. The van der Waals surface area contributed by atoms with Crippen LogP contribution in [0.1, 0.15) is 12.5 Å². The molecule has 1 aromatic rings. The number of hydrogen-bond acceptors (Lipinski definition) is 4. The van der Waals surface area contributed by atoms with Crippen LogP contribution in [-0.2, 0) is 4.79 Å². The van der Waals surface area contributed by atoms with Gasteiger partial charge in [-0.25, -0.2) is 0 Å². The summed E-state index contributed by atoms with van der Waals surface area (Å²) in [5.74, 6) is 0.296. The fraction of sp³-hybridized carbons (Fsp3) is 0.200. The highest BCUT2D eigenvalue weighted by molar-refractivity contribution is 8.18. The first kappa shape index (κ1) is 15.7. The summed E-state index contributed by atoms with van der Waals surface area (Å²) in [6.07, 6.45) is 3.15. The van der Waals surface area contributed by atoms with Crippen LogP contribution in [-0.4, -0.2) is 29.2 Å². The molecule has 0 saturated carbocycles. The minimum absolute atomic E-state index is 0.204. The van der Waals surface area contributed by atoms with Crippen LogP contribution in [0.2, 0.25) is 5.02 Å². The minimum Gasteiger partial charge on any atom is -0.493 e. The van der Waals surface area contributed by atoms with Crippen LogP contribution in [0.5, 0.6) is 5.75 Å². The average Bonchev–Trinajstić information content (AvgIpc) is 2.70. The molecule has 1 aliphatic rings. The van der Waals surface area contributed by atoms with Crippen molar-refractivity contribution in [1.82, 2.24) is 4.90 Å². The second kappa shape index (κ2) is 6.83. The predicted molar refractivity (Wildman–Crippen MR) is 85.5 cm³/mol. The highest BCUT2D eigenvalue weighted by Gasteiger charge is 2.34. The number of imide groups is 1. The van der Waals surface area contributed by atoms with Gasteiger partial charge in [0.25, 0.3) is 11.1 Å². The fourth-order valence-electron chi connectivity index (χ4n) is 1.85. The zero-order valence-corrected chi connectivity index (χ0v) is 13.0. The summed E-state index contributed by atoms with van der Waals surface area (Å²) in [7, 11) is 0. The van der Waals surface area contributed by atoms with E-state index >= 15 is 0 Å². The first-order valence-electron chi connectivity index (χ1n) is 6.35. The molecule has 0 aromatic heterocycles. The van der Waals surface area contributed by atoms with Gasteiger partial charge in [0.1, 0.15) is 5.75 Å². The second-order valence-electron chi connectivity index (χ2n) is 4.20. The van der Waals surface area contributed by atoms with Crippen molar-refractivity contribution in [1.29, 1.82) is 0 Å². The normalized spacial score (nSPS) is 16.7. The molecule has 0 unspecified atom stereocenters. The van der Waals surface area contributed by atoms with E-state index in [4.69, 9.17) is 16.3 Å². The SMILES string of the molecule is C=CCN1C(=O)S/C(=C/c2cc(Cl)ccc2OCC)C1=O. The van der Waals surface area contributed by atoms with E-state index in [0.29, 0.717) is 27.8 Å². The first-order chi connectivity index (χ1) is 10.1. The maximum Gasteiger partial charge on any atom is 0.293 e. The van der Waals surface area contributed by atoms with Gasteiger partial charge in [0, 0.05) is 17.1 Å². The Morgan fingerprint density at radius 2 is 2.19 bits per heavy atom. The third-order valence-electron chi connectivity index (χ3n) is 2.74. The lowest BCUT2D eigenvalue weighted by molar-refractivity contribution is -0.122. The molecule has 2 rings (SSSR count). The summed E-state index contributed by atoms with van der Waals surface area (Å²) in [5.41, 5.74) is 0.674. The molecule has 4 nitrogen and oxygen atoms in total. The Labute approximate surface area is 132 Å². The van der Waals surface area contributed by atoms with Gasteiger partial charge >= 0.3 is 0 Å². The zero-order chi connectivity index (χ0) is 15.4. The van der Waals surface area contributed by atoms with Gasteiger partial charge in [-0.2, -0.15) is 0 Å². The Balaban J connectivity index is 2.36. The highest BCUT2D eigenvalue weighted by atomic mass is 35.5. The number of benzene rings is 1. The first-order valence-corrected chi connectivity index (χ1v) is 7.55. The van der Waals surface area contributed by atoms with Gasteiger partial charge in [-0.05, 0) is 43.0 Å². The number of rotatable bonds is 5. The summed E-state index contributed by atoms with van der Waals surface area (Å²) < 4.78 is 5.50. The number of thioether (sulfide) groups is 1. The third-order valence-corrected chi connectivity index (χ3v) is 3.89. The third kappa shape index (κ3) is 3.49. The topological polar surface area (TPSA) is 46.6 Å². The highest BCUT2D eigenvalue weighted by Crippen LogP contribution is 2.34. The molecule has 0 bridgehead atoms. The number of hydrogen-bond donors (Lipinski definition) is 0. The molecule has 0 spiro atoms. The van der Waals surface area contributed by atoms with Crippen molar-refractivity contribution < 1.29 is 14.3 Å². The van der Waals surface area contributed by atoms with Gasteiger partial charge < -0.3 is 4.74 Å². The Hall–Kier alpha value is -1.72.